The molecule has 0 saturated heterocycles. The summed E-state index contributed by atoms with van der Waals surface area (Å²) in [6.07, 6.45) is 10.2. The smallest absolute Gasteiger partial charge is 0.0650 e. The van der Waals surface area contributed by atoms with Crippen LogP contribution in [0.1, 0.15) is 45.4 Å². The van der Waals surface area contributed by atoms with Crippen LogP contribution in [0.2, 0.25) is 0 Å². The van der Waals surface area contributed by atoms with Crippen molar-refractivity contribution in [3.63, 3.8) is 0 Å². The van der Waals surface area contributed by atoms with E-state index in [0.717, 1.165) is 13.2 Å². The molecule has 0 fully saturated rings. The summed E-state index contributed by atoms with van der Waals surface area (Å²) in [5.74, 6) is 0. The number of unbranched alkanes of at least 4 members (excludes halogenated alkanes) is 3. The summed E-state index contributed by atoms with van der Waals surface area (Å²) in [4.78, 5) is 0. The first kappa shape index (κ1) is 9.79. The normalized spacial score (nSPS) is 17.6. The maximum absolute atomic E-state index is 5.25. The largest absolute Gasteiger partial charge is 0.377 e. The van der Waals surface area contributed by atoms with E-state index < -0.39 is 0 Å². The molecule has 1 rings (SSSR count). The van der Waals surface area contributed by atoms with Gasteiger partial charge in [-0.25, -0.2) is 0 Å². The van der Waals surface area contributed by atoms with Gasteiger partial charge in [0.2, 0.25) is 0 Å². The van der Waals surface area contributed by atoms with Crippen LogP contribution in [0.4, 0.5) is 0 Å². The maximum Gasteiger partial charge on any atom is 0.0650 e. The molecule has 1 nitrogen and oxygen atoms in total. The molecular formula is C11H20O. The molecule has 0 radical (unpaired) electrons. The first-order valence-corrected chi connectivity index (χ1v) is 5.19. The van der Waals surface area contributed by atoms with Gasteiger partial charge in [-0.1, -0.05) is 37.8 Å². The quantitative estimate of drug-likeness (QED) is 0.452. The van der Waals surface area contributed by atoms with Crippen LogP contribution in [0.5, 0.6) is 0 Å². The van der Waals surface area contributed by atoms with E-state index in [1.54, 1.807) is 5.57 Å². The van der Waals surface area contributed by atoms with Crippen molar-refractivity contribution in [3.05, 3.63) is 11.6 Å². The van der Waals surface area contributed by atoms with E-state index >= 15 is 0 Å². The molecule has 0 aromatic rings. The van der Waals surface area contributed by atoms with Gasteiger partial charge in [-0.05, 0) is 19.3 Å². The summed E-state index contributed by atoms with van der Waals surface area (Å²) in [7, 11) is 0. The maximum atomic E-state index is 5.25. The van der Waals surface area contributed by atoms with Crippen molar-refractivity contribution in [1.82, 2.24) is 0 Å². The Balaban J connectivity index is 2.01. The minimum absolute atomic E-state index is 0.850. The lowest BCUT2D eigenvalue weighted by Crippen LogP contribution is -2.04. The highest BCUT2D eigenvalue weighted by molar-refractivity contribution is 5.04. The molecule has 0 amide bonds. The van der Waals surface area contributed by atoms with E-state index in [1.165, 1.54) is 38.5 Å². The summed E-state index contributed by atoms with van der Waals surface area (Å²) in [6, 6.07) is 0. The predicted octanol–water partition coefficient (Wildman–Crippen LogP) is 3.30. The molecular weight excluding hydrogens is 148 g/mol. The Kier molecular flexibility index (Phi) is 5.09. The molecule has 0 aromatic heterocycles. The third-order valence-corrected chi connectivity index (χ3v) is 2.41. The second-order valence-electron chi connectivity index (χ2n) is 3.50. The van der Waals surface area contributed by atoms with Gasteiger partial charge < -0.3 is 4.74 Å². The zero-order chi connectivity index (χ0) is 8.65. The summed E-state index contributed by atoms with van der Waals surface area (Å²) in [6.45, 7) is 4.05. The van der Waals surface area contributed by atoms with Crippen LogP contribution in [0, 0.1) is 0 Å². The van der Waals surface area contributed by atoms with Crippen LogP contribution in [-0.2, 0) is 4.74 Å². The second kappa shape index (κ2) is 6.24. The monoisotopic (exact) mass is 168 g/mol. The summed E-state index contributed by atoms with van der Waals surface area (Å²) < 4.78 is 5.25. The van der Waals surface area contributed by atoms with Crippen molar-refractivity contribution in [2.75, 3.05) is 13.2 Å². The first-order chi connectivity index (χ1) is 5.93. The molecule has 0 bridgehead atoms. The van der Waals surface area contributed by atoms with E-state index in [0.29, 0.717) is 0 Å². The fourth-order valence-corrected chi connectivity index (χ4v) is 1.57. The standard InChI is InChI=1S/C11H20O/c1-2-3-4-5-6-11-7-9-12-10-8-11/h7H,2-6,8-10H2,1H3. The predicted molar refractivity (Wildman–Crippen MR) is 52.3 cm³/mol. The van der Waals surface area contributed by atoms with Crippen molar-refractivity contribution in [2.45, 2.75) is 45.4 Å². The number of hydrogen-bond acceptors (Lipinski definition) is 1. The lowest BCUT2D eigenvalue weighted by atomic mass is 10.0. The molecule has 0 atom stereocenters. The van der Waals surface area contributed by atoms with E-state index in [1.807, 2.05) is 0 Å². The third-order valence-electron chi connectivity index (χ3n) is 2.41. The molecule has 0 spiro atoms. The zero-order valence-electron chi connectivity index (χ0n) is 8.14. The van der Waals surface area contributed by atoms with E-state index in [4.69, 9.17) is 4.74 Å². The molecule has 0 saturated carbocycles. The Morgan fingerprint density at radius 1 is 1.33 bits per heavy atom. The van der Waals surface area contributed by atoms with Crippen molar-refractivity contribution >= 4 is 0 Å². The molecule has 1 aliphatic rings. The molecule has 1 heteroatoms. The number of hydrogen-bond donors (Lipinski definition) is 0. The lowest BCUT2D eigenvalue weighted by Gasteiger charge is -2.12. The molecule has 1 aliphatic heterocycles. The summed E-state index contributed by atoms with van der Waals surface area (Å²) >= 11 is 0. The number of rotatable bonds is 5. The fraction of sp³-hybridized carbons (Fsp3) is 0.818. The summed E-state index contributed by atoms with van der Waals surface area (Å²) in [5.41, 5.74) is 1.62. The van der Waals surface area contributed by atoms with Gasteiger partial charge in [0, 0.05) is 0 Å². The average molecular weight is 168 g/mol. The van der Waals surface area contributed by atoms with Crippen molar-refractivity contribution in [3.8, 4) is 0 Å². The Labute approximate surface area is 75.8 Å². The van der Waals surface area contributed by atoms with E-state index in [2.05, 4.69) is 13.0 Å². The van der Waals surface area contributed by atoms with Gasteiger partial charge in [-0.2, -0.15) is 0 Å². The zero-order valence-corrected chi connectivity index (χ0v) is 8.14. The lowest BCUT2D eigenvalue weighted by molar-refractivity contribution is 0.153. The minimum Gasteiger partial charge on any atom is -0.377 e. The van der Waals surface area contributed by atoms with Gasteiger partial charge in [-0.15, -0.1) is 0 Å². The van der Waals surface area contributed by atoms with Crippen LogP contribution in [0.15, 0.2) is 11.6 Å². The van der Waals surface area contributed by atoms with Crippen LogP contribution in [-0.4, -0.2) is 13.2 Å². The summed E-state index contributed by atoms with van der Waals surface area (Å²) in [5, 5.41) is 0. The van der Waals surface area contributed by atoms with Gasteiger partial charge in [0.25, 0.3) is 0 Å². The first-order valence-electron chi connectivity index (χ1n) is 5.19. The van der Waals surface area contributed by atoms with Gasteiger partial charge >= 0.3 is 0 Å². The molecule has 1 heterocycles. The highest BCUT2D eigenvalue weighted by Gasteiger charge is 2.02. The minimum atomic E-state index is 0.850. The Hall–Kier alpha value is -0.300. The second-order valence-corrected chi connectivity index (χ2v) is 3.50. The van der Waals surface area contributed by atoms with Crippen LogP contribution in [0.3, 0.4) is 0 Å². The molecule has 0 aromatic carbocycles. The van der Waals surface area contributed by atoms with E-state index in [-0.39, 0.29) is 0 Å². The van der Waals surface area contributed by atoms with Gasteiger partial charge in [0.1, 0.15) is 0 Å². The van der Waals surface area contributed by atoms with Crippen molar-refractivity contribution in [2.24, 2.45) is 0 Å². The Morgan fingerprint density at radius 3 is 2.92 bits per heavy atom. The van der Waals surface area contributed by atoms with Crippen LogP contribution >= 0.6 is 0 Å². The topological polar surface area (TPSA) is 9.23 Å². The number of ether oxygens (including phenoxy) is 1. The van der Waals surface area contributed by atoms with Crippen LogP contribution in [0.25, 0.3) is 0 Å². The highest BCUT2D eigenvalue weighted by atomic mass is 16.5. The van der Waals surface area contributed by atoms with Gasteiger partial charge in [0.15, 0.2) is 0 Å². The van der Waals surface area contributed by atoms with Crippen molar-refractivity contribution in [1.29, 1.82) is 0 Å². The highest BCUT2D eigenvalue weighted by Crippen LogP contribution is 2.15. The molecule has 0 N–H and O–H groups in total. The Bertz CT molecular complexity index is 138. The van der Waals surface area contributed by atoms with Gasteiger partial charge in [-0.3, -0.25) is 0 Å². The SMILES string of the molecule is CCCCCCC1=CCOCC1. The molecule has 70 valence electrons. The van der Waals surface area contributed by atoms with Gasteiger partial charge in [0.05, 0.1) is 13.2 Å². The Morgan fingerprint density at radius 2 is 2.25 bits per heavy atom. The fourth-order valence-electron chi connectivity index (χ4n) is 1.57. The average Bonchev–Trinajstić information content (AvgIpc) is 2.14. The molecule has 0 unspecified atom stereocenters. The molecule has 0 aliphatic carbocycles. The van der Waals surface area contributed by atoms with E-state index in [9.17, 15) is 0 Å². The van der Waals surface area contributed by atoms with Crippen LogP contribution < -0.4 is 0 Å². The van der Waals surface area contributed by atoms with Crippen molar-refractivity contribution < 1.29 is 4.74 Å². The molecule has 12 heavy (non-hydrogen) atoms. The third kappa shape index (κ3) is 3.91.